The van der Waals surface area contributed by atoms with E-state index in [1.165, 1.54) is 66.9 Å². The van der Waals surface area contributed by atoms with Gasteiger partial charge in [0.1, 0.15) is 0 Å². The lowest BCUT2D eigenvalue weighted by Crippen LogP contribution is -2.36. The molecule has 2 aliphatic carbocycles. The summed E-state index contributed by atoms with van der Waals surface area (Å²) in [7, 11) is 0. The maximum atomic E-state index is 2.49. The highest BCUT2D eigenvalue weighted by atomic mass is 14.2. The van der Waals surface area contributed by atoms with Crippen molar-refractivity contribution in [2.45, 2.75) is 58.3 Å². The summed E-state index contributed by atoms with van der Waals surface area (Å²) in [6, 6.07) is 13.7. The molecule has 0 amide bonds. The Balaban J connectivity index is 1.91. The number of hydrogen-bond donors (Lipinski definition) is 0. The van der Waals surface area contributed by atoms with Crippen LogP contribution in [-0.4, -0.2) is 0 Å². The first-order valence-electron chi connectivity index (χ1n) is 9.31. The summed E-state index contributed by atoms with van der Waals surface area (Å²) < 4.78 is 0. The Morgan fingerprint density at radius 3 is 2.70 bits per heavy atom. The molecule has 0 unspecified atom stereocenters. The highest BCUT2D eigenvalue weighted by Gasteiger charge is 2.16. The molecule has 2 aromatic carbocycles. The lowest BCUT2D eigenvalue weighted by atomic mass is 9.83. The molecule has 0 saturated carbocycles. The zero-order valence-electron chi connectivity index (χ0n) is 14.2. The van der Waals surface area contributed by atoms with Crippen molar-refractivity contribution in [1.29, 1.82) is 0 Å². The van der Waals surface area contributed by atoms with E-state index in [1.54, 1.807) is 16.4 Å². The van der Waals surface area contributed by atoms with Crippen LogP contribution in [0.1, 0.15) is 56.6 Å². The Morgan fingerprint density at radius 1 is 0.870 bits per heavy atom. The molecule has 23 heavy (non-hydrogen) atoms. The van der Waals surface area contributed by atoms with Gasteiger partial charge in [-0.3, -0.25) is 0 Å². The summed E-state index contributed by atoms with van der Waals surface area (Å²) in [5, 5.41) is 3.16. The van der Waals surface area contributed by atoms with Gasteiger partial charge >= 0.3 is 0 Å². The zero-order valence-corrected chi connectivity index (χ0v) is 14.2. The lowest BCUT2D eigenvalue weighted by Gasteiger charge is -2.21. The van der Waals surface area contributed by atoms with Crippen LogP contribution < -0.4 is 10.4 Å². The highest BCUT2D eigenvalue weighted by molar-refractivity contribution is 5.74. The average Bonchev–Trinajstić information content (AvgIpc) is 2.61. The van der Waals surface area contributed by atoms with Gasteiger partial charge in [0, 0.05) is 0 Å². The van der Waals surface area contributed by atoms with Gasteiger partial charge in [-0.25, -0.2) is 0 Å². The normalized spacial score (nSPS) is 15.4. The lowest BCUT2D eigenvalue weighted by molar-refractivity contribution is 0.706. The fraction of sp³-hybridized carbons (Fsp3) is 0.391. The number of unbranched alkanes of at least 4 members (excludes halogenated alkanes) is 2. The van der Waals surface area contributed by atoms with Crippen LogP contribution in [0.2, 0.25) is 0 Å². The van der Waals surface area contributed by atoms with Crippen LogP contribution in [0.3, 0.4) is 0 Å². The number of fused-ring (bicyclic) bond motifs is 5. The van der Waals surface area contributed by atoms with Gasteiger partial charge in [0.25, 0.3) is 0 Å². The second kappa shape index (κ2) is 6.35. The Bertz CT molecular complexity index is 839. The molecular weight excluding hydrogens is 276 g/mol. The summed E-state index contributed by atoms with van der Waals surface area (Å²) in [6.45, 7) is 2.30. The van der Waals surface area contributed by atoms with Crippen molar-refractivity contribution in [3.63, 3.8) is 0 Å². The largest absolute Gasteiger partial charge is 0.0716 e. The van der Waals surface area contributed by atoms with E-state index in [0.29, 0.717) is 0 Å². The van der Waals surface area contributed by atoms with Crippen molar-refractivity contribution in [3.8, 4) is 11.1 Å². The van der Waals surface area contributed by atoms with Crippen molar-refractivity contribution >= 4 is 11.6 Å². The Morgan fingerprint density at radius 2 is 1.78 bits per heavy atom. The van der Waals surface area contributed by atoms with Gasteiger partial charge in [0.2, 0.25) is 0 Å². The maximum absolute atomic E-state index is 2.49. The predicted molar refractivity (Wildman–Crippen MR) is 99.8 cm³/mol. The first kappa shape index (κ1) is 14.8. The third-order valence-corrected chi connectivity index (χ3v) is 5.53. The summed E-state index contributed by atoms with van der Waals surface area (Å²) in [6.07, 6.45) is 12.8. The smallest absolute Gasteiger partial charge is 0.00819 e. The minimum atomic E-state index is 1.09. The molecule has 4 rings (SSSR count). The minimum Gasteiger partial charge on any atom is -0.0716 e. The quantitative estimate of drug-likeness (QED) is 0.715. The number of rotatable bonds is 4. The fourth-order valence-corrected chi connectivity index (χ4v) is 4.37. The second-order valence-corrected chi connectivity index (χ2v) is 7.04. The molecule has 0 radical (unpaired) electrons. The summed E-state index contributed by atoms with van der Waals surface area (Å²) in [4.78, 5) is 0. The molecule has 0 nitrogen and oxygen atoms in total. The van der Waals surface area contributed by atoms with E-state index < -0.39 is 0 Å². The van der Waals surface area contributed by atoms with Crippen molar-refractivity contribution in [3.05, 3.63) is 58.0 Å². The standard InChI is InChI=1S/C23H26/c1-2-3-4-9-18-10-7-11-19-14-15-21-20-12-6-5-8-17(20)13-16-22(21)23(18)19/h5-6,8,12,14-16H,2-4,7,9-11,13H2,1H3. The van der Waals surface area contributed by atoms with E-state index >= 15 is 0 Å². The molecule has 0 saturated heterocycles. The SMILES string of the molecule is CCCCCC1=c2c(ccc3c2=CCc2ccccc2-3)CCC1. The maximum Gasteiger partial charge on any atom is -0.00819 e. The molecule has 2 aliphatic rings. The van der Waals surface area contributed by atoms with Crippen molar-refractivity contribution in [2.24, 2.45) is 0 Å². The van der Waals surface area contributed by atoms with E-state index in [0.717, 1.165) is 6.42 Å². The van der Waals surface area contributed by atoms with E-state index in [2.05, 4.69) is 49.4 Å². The van der Waals surface area contributed by atoms with Gasteiger partial charge in [-0.1, -0.05) is 67.8 Å². The molecule has 0 heteroatoms. The van der Waals surface area contributed by atoms with Crippen LogP contribution in [0, 0.1) is 0 Å². The Kier molecular flexibility index (Phi) is 4.08. The van der Waals surface area contributed by atoms with Crippen LogP contribution >= 0.6 is 0 Å². The third-order valence-electron chi connectivity index (χ3n) is 5.53. The summed E-state index contributed by atoms with van der Waals surface area (Å²) in [5.74, 6) is 0. The van der Waals surface area contributed by atoms with Gasteiger partial charge in [0.15, 0.2) is 0 Å². The third kappa shape index (κ3) is 2.65. The molecule has 0 aromatic heterocycles. The predicted octanol–water partition coefficient (Wildman–Crippen LogP) is 4.76. The summed E-state index contributed by atoms with van der Waals surface area (Å²) in [5.41, 5.74) is 7.71. The van der Waals surface area contributed by atoms with Crippen molar-refractivity contribution in [1.82, 2.24) is 0 Å². The van der Waals surface area contributed by atoms with E-state index in [9.17, 15) is 0 Å². The van der Waals surface area contributed by atoms with E-state index in [1.807, 2.05) is 0 Å². The zero-order chi connectivity index (χ0) is 15.6. The molecule has 0 N–H and O–H groups in total. The molecule has 0 spiro atoms. The number of aryl methyl sites for hydroxylation is 1. The Hall–Kier alpha value is -1.82. The first-order valence-corrected chi connectivity index (χ1v) is 9.31. The Labute approximate surface area is 139 Å². The van der Waals surface area contributed by atoms with Gasteiger partial charge in [-0.15, -0.1) is 0 Å². The van der Waals surface area contributed by atoms with Crippen LogP contribution in [0.4, 0.5) is 0 Å². The molecular formula is C23H26. The van der Waals surface area contributed by atoms with Gasteiger partial charge < -0.3 is 0 Å². The monoisotopic (exact) mass is 302 g/mol. The number of benzene rings is 2. The molecule has 0 fully saturated rings. The van der Waals surface area contributed by atoms with Gasteiger partial charge in [0.05, 0.1) is 0 Å². The number of hydrogen-bond acceptors (Lipinski definition) is 0. The van der Waals surface area contributed by atoms with Crippen molar-refractivity contribution < 1.29 is 0 Å². The molecule has 0 bridgehead atoms. The molecule has 0 aliphatic heterocycles. The minimum absolute atomic E-state index is 1.09. The molecule has 2 aromatic rings. The fourth-order valence-electron chi connectivity index (χ4n) is 4.37. The summed E-state index contributed by atoms with van der Waals surface area (Å²) >= 11 is 0. The van der Waals surface area contributed by atoms with E-state index in [-0.39, 0.29) is 0 Å². The average molecular weight is 302 g/mol. The van der Waals surface area contributed by atoms with Gasteiger partial charge in [-0.2, -0.15) is 0 Å². The van der Waals surface area contributed by atoms with Crippen LogP contribution in [0.5, 0.6) is 0 Å². The molecule has 118 valence electrons. The van der Waals surface area contributed by atoms with Crippen LogP contribution in [0.25, 0.3) is 22.8 Å². The molecule has 0 atom stereocenters. The van der Waals surface area contributed by atoms with E-state index in [4.69, 9.17) is 0 Å². The highest BCUT2D eigenvalue weighted by Crippen LogP contribution is 2.26. The van der Waals surface area contributed by atoms with Crippen LogP contribution in [0.15, 0.2) is 36.4 Å². The first-order chi connectivity index (χ1) is 11.4. The van der Waals surface area contributed by atoms with Crippen LogP contribution in [-0.2, 0) is 12.8 Å². The second-order valence-electron chi connectivity index (χ2n) is 7.04. The molecule has 0 heterocycles. The van der Waals surface area contributed by atoms with Crippen molar-refractivity contribution in [2.75, 3.05) is 0 Å². The van der Waals surface area contributed by atoms with Gasteiger partial charge in [-0.05, 0) is 71.2 Å². The topological polar surface area (TPSA) is 0 Å².